The summed E-state index contributed by atoms with van der Waals surface area (Å²) in [6, 6.07) is 11.6. The molecule has 3 aliphatic heterocycles. The number of imide groups is 1. The van der Waals surface area contributed by atoms with Crippen molar-refractivity contribution in [2.24, 2.45) is 11.8 Å². The maximum absolute atomic E-state index is 13.9. The third-order valence-corrected chi connectivity index (χ3v) is 7.76. The first-order valence-corrected chi connectivity index (χ1v) is 11.6. The molecule has 5 atom stereocenters. The lowest BCUT2D eigenvalue weighted by Gasteiger charge is -2.29. The van der Waals surface area contributed by atoms with Crippen LogP contribution in [-0.4, -0.2) is 34.6 Å². The predicted molar refractivity (Wildman–Crippen MR) is 120 cm³/mol. The van der Waals surface area contributed by atoms with Gasteiger partial charge in [0.05, 0.1) is 16.8 Å². The van der Waals surface area contributed by atoms with E-state index in [4.69, 9.17) is 11.6 Å². The number of nitrogens with two attached hydrogens (primary N) is 1. The maximum Gasteiger partial charge on any atom is 0.291 e. The minimum absolute atomic E-state index is 0.0972. The number of hydrogen-bond acceptors (Lipinski definition) is 5. The molecule has 9 heteroatoms. The molecule has 2 aromatic carbocycles. The van der Waals surface area contributed by atoms with Crippen molar-refractivity contribution in [2.45, 2.75) is 44.3 Å². The number of carbonyl (C=O) groups is 4. The molecule has 2 fully saturated rings. The standard InChI is InChI=1S/C25H24ClN3O5/c1-12-10-15-21(16(26)11-12)27-24(34)25(15)20-19(17(28-25)8-9-18(30)31)22(32)29(23(20)33)13(2)14-6-4-3-5-7-14/h3-7,10-11,13,17,19-20,28H,8-9H2,1-2H3,(H,27,34)(H,30,31)/t13-,17+,19-,20+,25-/m1/s1. The van der Waals surface area contributed by atoms with Gasteiger partial charge in [0, 0.05) is 18.0 Å². The van der Waals surface area contributed by atoms with Crippen molar-refractivity contribution in [3.05, 3.63) is 64.2 Å². The monoisotopic (exact) mass is 481 g/mol. The van der Waals surface area contributed by atoms with Crippen molar-refractivity contribution in [3.8, 4) is 0 Å². The third kappa shape index (κ3) is 3.09. The number of benzene rings is 2. The first-order chi connectivity index (χ1) is 16.2. The lowest BCUT2D eigenvalue weighted by Crippen LogP contribution is -2.99. The smallest absolute Gasteiger partial charge is 0.291 e. The Morgan fingerprint density at radius 3 is 2.59 bits per heavy atom. The lowest BCUT2D eigenvalue weighted by molar-refractivity contribution is -0.734. The van der Waals surface area contributed by atoms with Gasteiger partial charge < -0.3 is 20.5 Å². The zero-order valence-electron chi connectivity index (χ0n) is 18.7. The summed E-state index contributed by atoms with van der Waals surface area (Å²) in [6.45, 7) is 3.62. The number of halogens is 1. The molecule has 0 saturated carbocycles. The van der Waals surface area contributed by atoms with Crippen LogP contribution in [0.4, 0.5) is 5.69 Å². The molecule has 2 aromatic rings. The summed E-state index contributed by atoms with van der Waals surface area (Å²) in [5, 5.41) is 16.1. The van der Waals surface area contributed by atoms with E-state index in [9.17, 15) is 24.3 Å². The van der Waals surface area contributed by atoms with Crippen molar-refractivity contribution < 1.29 is 29.6 Å². The Morgan fingerprint density at radius 2 is 1.91 bits per heavy atom. The van der Waals surface area contributed by atoms with Gasteiger partial charge >= 0.3 is 0 Å². The minimum atomic E-state index is -1.40. The van der Waals surface area contributed by atoms with E-state index < -0.39 is 47.2 Å². The number of aliphatic carboxylic acids is 1. The van der Waals surface area contributed by atoms with Gasteiger partial charge in [-0.3, -0.25) is 19.3 Å². The normalized spacial score (nSPS) is 28.3. The third-order valence-electron chi connectivity index (χ3n) is 7.46. The van der Waals surface area contributed by atoms with E-state index in [0.717, 1.165) is 11.1 Å². The van der Waals surface area contributed by atoms with E-state index in [2.05, 4.69) is 5.32 Å². The fourth-order valence-corrected chi connectivity index (χ4v) is 6.31. The predicted octanol–water partition coefficient (Wildman–Crippen LogP) is 0.634. The topological polar surface area (TPSA) is 123 Å². The van der Waals surface area contributed by atoms with Gasteiger partial charge in [-0.25, -0.2) is 0 Å². The zero-order chi connectivity index (χ0) is 24.4. The lowest BCUT2D eigenvalue weighted by atomic mass is 9.76. The molecular formula is C25H24ClN3O5. The summed E-state index contributed by atoms with van der Waals surface area (Å²) in [6.07, 6.45) is -0.181. The molecule has 0 radical (unpaired) electrons. The van der Waals surface area contributed by atoms with E-state index in [1.165, 1.54) is 4.90 Å². The SMILES string of the molecule is Cc1cc(Cl)c2c(c1)[C@]1([NH2+][C@@H](CCC(=O)[O-])[C@H]3C(=O)N([C@H](C)c4ccccc4)C(=O)[C@H]31)C(=O)N2. The Bertz CT molecular complexity index is 1230. The summed E-state index contributed by atoms with van der Waals surface area (Å²) in [7, 11) is 0. The van der Waals surface area contributed by atoms with Gasteiger partial charge in [0.2, 0.25) is 17.4 Å². The highest BCUT2D eigenvalue weighted by atomic mass is 35.5. The highest BCUT2D eigenvalue weighted by Gasteiger charge is 2.74. The second-order valence-corrected chi connectivity index (χ2v) is 9.78. The van der Waals surface area contributed by atoms with Crippen LogP contribution in [0.25, 0.3) is 0 Å². The molecule has 34 heavy (non-hydrogen) atoms. The number of rotatable bonds is 5. The molecule has 0 aromatic heterocycles. The Labute approximate surface area is 201 Å². The van der Waals surface area contributed by atoms with Crippen LogP contribution >= 0.6 is 11.6 Å². The van der Waals surface area contributed by atoms with Crippen molar-refractivity contribution in [1.82, 2.24) is 4.90 Å². The van der Waals surface area contributed by atoms with E-state index in [1.54, 1.807) is 18.3 Å². The minimum Gasteiger partial charge on any atom is -0.550 e. The number of carboxylic acids is 1. The van der Waals surface area contributed by atoms with E-state index in [0.29, 0.717) is 16.3 Å². The number of likely N-dealkylation sites (tertiary alicyclic amines) is 1. The van der Waals surface area contributed by atoms with Gasteiger partial charge in [-0.15, -0.1) is 0 Å². The number of quaternary nitrogens is 1. The number of hydrogen-bond donors (Lipinski definition) is 2. The summed E-state index contributed by atoms with van der Waals surface area (Å²) in [5.74, 6) is -4.29. The molecule has 3 heterocycles. The van der Waals surface area contributed by atoms with Crippen LogP contribution < -0.4 is 15.7 Å². The number of amides is 3. The summed E-state index contributed by atoms with van der Waals surface area (Å²) < 4.78 is 0. The van der Waals surface area contributed by atoms with Gasteiger partial charge in [0.1, 0.15) is 17.9 Å². The van der Waals surface area contributed by atoms with Crippen LogP contribution in [-0.2, 0) is 24.7 Å². The summed E-state index contributed by atoms with van der Waals surface area (Å²) in [5.41, 5.74) is 1.20. The van der Waals surface area contributed by atoms with Gasteiger partial charge in [0.15, 0.2) is 0 Å². The molecule has 3 aliphatic rings. The van der Waals surface area contributed by atoms with Crippen LogP contribution in [0.1, 0.15) is 42.5 Å². The number of fused-ring (bicyclic) bond motifs is 4. The highest BCUT2D eigenvalue weighted by molar-refractivity contribution is 6.35. The van der Waals surface area contributed by atoms with Crippen LogP contribution in [0.2, 0.25) is 5.02 Å². The van der Waals surface area contributed by atoms with E-state index >= 15 is 0 Å². The van der Waals surface area contributed by atoms with Crippen LogP contribution in [0.3, 0.4) is 0 Å². The molecule has 3 amide bonds. The largest absolute Gasteiger partial charge is 0.550 e. The van der Waals surface area contributed by atoms with Gasteiger partial charge in [-0.05, 0) is 43.5 Å². The quantitative estimate of drug-likeness (QED) is 0.606. The Morgan fingerprint density at radius 1 is 1.21 bits per heavy atom. The maximum atomic E-state index is 13.9. The first-order valence-electron chi connectivity index (χ1n) is 11.3. The summed E-state index contributed by atoms with van der Waals surface area (Å²) in [4.78, 5) is 53.7. The Balaban J connectivity index is 1.64. The van der Waals surface area contributed by atoms with Crippen molar-refractivity contribution in [2.75, 3.05) is 5.32 Å². The van der Waals surface area contributed by atoms with Gasteiger partial charge in [0.25, 0.3) is 5.91 Å². The van der Waals surface area contributed by atoms with Gasteiger partial charge in [-0.2, -0.15) is 0 Å². The number of anilines is 1. The highest BCUT2D eigenvalue weighted by Crippen LogP contribution is 2.52. The zero-order valence-corrected chi connectivity index (χ0v) is 19.5. The molecule has 2 saturated heterocycles. The molecule has 0 bridgehead atoms. The number of nitrogens with zero attached hydrogens (tertiary/aromatic N) is 1. The fourth-order valence-electron chi connectivity index (χ4n) is 5.99. The van der Waals surface area contributed by atoms with Crippen LogP contribution in [0, 0.1) is 18.8 Å². The summed E-state index contributed by atoms with van der Waals surface area (Å²) >= 11 is 6.43. The second-order valence-electron chi connectivity index (χ2n) is 9.37. The number of carboxylic acid groups (broad SMARTS) is 1. The molecule has 3 N–H and O–H groups in total. The van der Waals surface area contributed by atoms with Crippen LogP contribution in [0.15, 0.2) is 42.5 Å². The molecule has 1 spiro atoms. The van der Waals surface area contributed by atoms with Crippen molar-refractivity contribution in [3.63, 3.8) is 0 Å². The van der Waals surface area contributed by atoms with Crippen molar-refractivity contribution >= 4 is 41.0 Å². The molecular weight excluding hydrogens is 458 g/mol. The fraction of sp³-hybridized carbons (Fsp3) is 0.360. The Kier molecular flexibility index (Phi) is 5.26. The molecule has 0 aliphatic carbocycles. The number of carbonyl (C=O) groups excluding carboxylic acids is 4. The van der Waals surface area contributed by atoms with Gasteiger partial charge in [-0.1, -0.05) is 41.9 Å². The first kappa shape index (κ1) is 22.6. The van der Waals surface area contributed by atoms with Crippen LogP contribution in [0.5, 0.6) is 0 Å². The number of nitrogens with one attached hydrogen (secondary N) is 1. The molecule has 5 rings (SSSR count). The number of aryl methyl sites for hydroxylation is 1. The van der Waals surface area contributed by atoms with E-state index in [-0.39, 0.29) is 18.7 Å². The van der Waals surface area contributed by atoms with E-state index in [1.807, 2.05) is 43.3 Å². The van der Waals surface area contributed by atoms with Crippen molar-refractivity contribution in [1.29, 1.82) is 0 Å². The average molecular weight is 482 g/mol. The average Bonchev–Trinajstić information content (AvgIpc) is 3.38. The second kappa shape index (κ2) is 7.92. The Hall–Kier alpha value is -3.23. The molecule has 176 valence electrons. The molecule has 0 unspecified atom stereocenters. The molecule has 8 nitrogen and oxygen atoms in total.